The highest BCUT2D eigenvalue weighted by Crippen LogP contribution is 2.30. The number of carbonyl (C=O) groups excluding carboxylic acids is 2. The van der Waals surface area contributed by atoms with E-state index >= 15 is 0 Å². The van der Waals surface area contributed by atoms with E-state index in [-0.39, 0.29) is 11.8 Å². The Morgan fingerprint density at radius 2 is 1.61 bits per heavy atom. The Morgan fingerprint density at radius 1 is 0.935 bits per heavy atom. The molecule has 0 unspecified atom stereocenters. The minimum atomic E-state index is -4.33. The van der Waals surface area contributed by atoms with Crippen LogP contribution >= 0.6 is 0 Å². The standard InChI is InChI=1S/C23H24F3N3O2/c1-16(30)29-9-8-18-14-19(4-7-21(18)29)22(31)28-12-10-27(11-13-28)15-17-2-5-20(6-3-17)23(24,25)26/h2-7,14H,8-13,15H2,1H3. The summed E-state index contributed by atoms with van der Waals surface area (Å²) < 4.78 is 38.1. The summed E-state index contributed by atoms with van der Waals surface area (Å²) in [5.41, 5.74) is 2.70. The van der Waals surface area contributed by atoms with E-state index in [1.54, 1.807) is 17.9 Å². The number of nitrogens with zero attached hydrogens (tertiary/aromatic N) is 3. The molecule has 31 heavy (non-hydrogen) atoms. The van der Waals surface area contributed by atoms with Crippen LogP contribution in [-0.2, 0) is 23.9 Å². The molecule has 1 saturated heterocycles. The van der Waals surface area contributed by atoms with Crippen molar-refractivity contribution in [3.05, 3.63) is 64.7 Å². The van der Waals surface area contributed by atoms with E-state index in [0.29, 0.717) is 44.8 Å². The third-order valence-corrected chi connectivity index (χ3v) is 5.95. The number of hydrogen-bond donors (Lipinski definition) is 0. The molecule has 2 aliphatic heterocycles. The number of carbonyl (C=O) groups is 2. The molecule has 1 fully saturated rings. The van der Waals surface area contributed by atoms with E-state index in [1.165, 1.54) is 12.1 Å². The fourth-order valence-corrected chi connectivity index (χ4v) is 4.21. The summed E-state index contributed by atoms with van der Waals surface area (Å²) in [6.45, 7) is 5.20. The van der Waals surface area contributed by atoms with Crippen LogP contribution < -0.4 is 4.90 Å². The van der Waals surface area contributed by atoms with Gasteiger partial charge in [0.05, 0.1) is 5.56 Å². The van der Waals surface area contributed by atoms with E-state index in [9.17, 15) is 22.8 Å². The molecule has 5 nitrogen and oxygen atoms in total. The topological polar surface area (TPSA) is 43.9 Å². The van der Waals surface area contributed by atoms with Gasteiger partial charge in [-0.1, -0.05) is 12.1 Å². The fraction of sp³-hybridized carbons (Fsp3) is 0.391. The van der Waals surface area contributed by atoms with Gasteiger partial charge >= 0.3 is 6.18 Å². The van der Waals surface area contributed by atoms with Crippen molar-refractivity contribution < 1.29 is 22.8 Å². The molecule has 2 aromatic carbocycles. The monoisotopic (exact) mass is 431 g/mol. The fourth-order valence-electron chi connectivity index (χ4n) is 4.21. The second-order valence-corrected chi connectivity index (χ2v) is 8.03. The maximum absolute atomic E-state index is 12.9. The molecule has 0 atom stereocenters. The minimum absolute atomic E-state index is 0.00185. The maximum atomic E-state index is 12.9. The van der Waals surface area contributed by atoms with Crippen LogP contribution in [0.2, 0.25) is 0 Å². The summed E-state index contributed by atoms with van der Waals surface area (Å²) in [4.78, 5) is 30.3. The van der Waals surface area contributed by atoms with Crippen molar-refractivity contribution in [3.63, 3.8) is 0 Å². The van der Waals surface area contributed by atoms with Crippen LogP contribution in [0.3, 0.4) is 0 Å². The lowest BCUT2D eigenvalue weighted by Crippen LogP contribution is -2.48. The second kappa shape index (κ2) is 8.34. The van der Waals surface area contributed by atoms with Gasteiger partial charge in [0.15, 0.2) is 0 Å². The van der Waals surface area contributed by atoms with Crippen LogP contribution in [0, 0.1) is 0 Å². The van der Waals surface area contributed by atoms with Gasteiger partial charge in [-0.05, 0) is 47.9 Å². The molecule has 4 rings (SSSR count). The van der Waals surface area contributed by atoms with Gasteiger partial charge in [0, 0.05) is 57.4 Å². The number of halogens is 3. The first-order chi connectivity index (χ1) is 14.7. The predicted octanol–water partition coefficient (Wildman–Crippen LogP) is 3.57. The number of hydrogen-bond acceptors (Lipinski definition) is 3. The van der Waals surface area contributed by atoms with Gasteiger partial charge in [0.2, 0.25) is 5.91 Å². The summed E-state index contributed by atoms with van der Waals surface area (Å²) in [7, 11) is 0. The lowest BCUT2D eigenvalue weighted by atomic mass is 10.1. The molecule has 164 valence electrons. The van der Waals surface area contributed by atoms with Gasteiger partial charge in [-0.15, -0.1) is 0 Å². The van der Waals surface area contributed by atoms with E-state index < -0.39 is 11.7 Å². The predicted molar refractivity (Wildman–Crippen MR) is 111 cm³/mol. The molecule has 0 radical (unpaired) electrons. The highest BCUT2D eigenvalue weighted by Gasteiger charge is 2.30. The molecule has 2 aliphatic rings. The van der Waals surface area contributed by atoms with Gasteiger partial charge in [0.25, 0.3) is 5.91 Å². The van der Waals surface area contributed by atoms with Gasteiger partial charge in [-0.2, -0.15) is 13.2 Å². The highest BCUT2D eigenvalue weighted by molar-refractivity contribution is 5.98. The number of piperazine rings is 1. The Labute approximate surface area is 179 Å². The van der Waals surface area contributed by atoms with Crippen LogP contribution in [0.5, 0.6) is 0 Å². The van der Waals surface area contributed by atoms with E-state index in [1.807, 2.05) is 17.0 Å². The lowest BCUT2D eigenvalue weighted by molar-refractivity contribution is -0.137. The van der Waals surface area contributed by atoms with Crippen LogP contribution in [0.4, 0.5) is 18.9 Å². The number of fused-ring (bicyclic) bond motifs is 1. The zero-order valence-corrected chi connectivity index (χ0v) is 17.3. The molecule has 2 aromatic rings. The number of rotatable bonds is 3. The van der Waals surface area contributed by atoms with Gasteiger partial charge < -0.3 is 9.80 Å². The highest BCUT2D eigenvalue weighted by atomic mass is 19.4. The SMILES string of the molecule is CC(=O)N1CCc2cc(C(=O)N3CCN(Cc4ccc(C(F)(F)F)cc4)CC3)ccc21. The zero-order valence-electron chi connectivity index (χ0n) is 17.3. The number of benzene rings is 2. The summed E-state index contributed by atoms with van der Waals surface area (Å²) in [6.07, 6.45) is -3.58. The molecular formula is C23H24F3N3O2. The smallest absolute Gasteiger partial charge is 0.336 e. The van der Waals surface area contributed by atoms with Crippen LogP contribution in [0.15, 0.2) is 42.5 Å². The Morgan fingerprint density at radius 3 is 2.23 bits per heavy atom. The van der Waals surface area contributed by atoms with Crippen molar-refractivity contribution in [2.24, 2.45) is 0 Å². The van der Waals surface area contributed by atoms with Crippen molar-refractivity contribution in [1.29, 1.82) is 0 Å². The average Bonchev–Trinajstić information content (AvgIpc) is 3.17. The Bertz CT molecular complexity index is 981. The quantitative estimate of drug-likeness (QED) is 0.747. The number of alkyl halides is 3. The second-order valence-electron chi connectivity index (χ2n) is 8.03. The Hall–Kier alpha value is -2.87. The normalized spacial score (nSPS) is 17.0. The summed E-state index contributed by atoms with van der Waals surface area (Å²) in [5.74, 6) is -0.0275. The molecule has 0 bridgehead atoms. The van der Waals surface area contributed by atoms with E-state index in [0.717, 1.165) is 35.4 Å². The molecular weight excluding hydrogens is 407 g/mol. The van der Waals surface area contributed by atoms with Gasteiger partial charge in [-0.3, -0.25) is 14.5 Å². The largest absolute Gasteiger partial charge is 0.416 e. The molecule has 0 spiro atoms. The van der Waals surface area contributed by atoms with E-state index in [4.69, 9.17) is 0 Å². The van der Waals surface area contributed by atoms with Crippen LogP contribution in [-0.4, -0.2) is 54.3 Å². The third-order valence-electron chi connectivity index (χ3n) is 5.95. The third kappa shape index (κ3) is 4.58. The summed E-state index contributed by atoms with van der Waals surface area (Å²) in [6, 6.07) is 10.7. The molecule has 0 N–H and O–H groups in total. The molecule has 8 heteroatoms. The van der Waals surface area contributed by atoms with Crippen molar-refractivity contribution in [2.45, 2.75) is 26.1 Å². The Kier molecular flexibility index (Phi) is 5.75. The first-order valence-electron chi connectivity index (χ1n) is 10.3. The first-order valence-corrected chi connectivity index (χ1v) is 10.3. The molecule has 0 saturated carbocycles. The summed E-state index contributed by atoms with van der Waals surface area (Å²) in [5, 5.41) is 0. The minimum Gasteiger partial charge on any atom is -0.336 e. The average molecular weight is 431 g/mol. The lowest BCUT2D eigenvalue weighted by Gasteiger charge is -2.35. The molecule has 0 aromatic heterocycles. The van der Waals surface area contributed by atoms with Crippen molar-refractivity contribution in [2.75, 3.05) is 37.6 Å². The number of amides is 2. The van der Waals surface area contributed by atoms with E-state index in [2.05, 4.69) is 4.90 Å². The number of anilines is 1. The molecule has 2 amide bonds. The van der Waals surface area contributed by atoms with Crippen LogP contribution in [0.1, 0.15) is 34.0 Å². The molecule has 2 heterocycles. The maximum Gasteiger partial charge on any atom is 0.416 e. The Balaban J connectivity index is 1.34. The molecule has 0 aliphatic carbocycles. The van der Waals surface area contributed by atoms with Crippen molar-refractivity contribution >= 4 is 17.5 Å². The zero-order chi connectivity index (χ0) is 22.2. The van der Waals surface area contributed by atoms with Crippen molar-refractivity contribution in [3.8, 4) is 0 Å². The first kappa shape index (κ1) is 21.4. The summed E-state index contributed by atoms with van der Waals surface area (Å²) >= 11 is 0. The van der Waals surface area contributed by atoms with Crippen LogP contribution in [0.25, 0.3) is 0 Å². The van der Waals surface area contributed by atoms with Gasteiger partial charge in [0.1, 0.15) is 0 Å². The van der Waals surface area contributed by atoms with Crippen molar-refractivity contribution in [1.82, 2.24) is 9.80 Å². The van der Waals surface area contributed by atoms with Gasteiger partial charge in [-0.25, -0.2) is 0 Å².